The van der Waals surface area contributed by atoms with Crippen LogP contribution in [0.15, 0.2) is 35.3 Å². The van der Waals surface area contributed by atoms with E-state index in [4.69, 9.17) is 5.26 Å². The molecule has 0 radical (unpaired) electrons. The summed E-state index contributed by atoms with van der Waals surface area (Å²) in [4.78, 5) is 4.45. The van der Waals surface area contributed by atoms with Crippen LogP contribution >= 0.6 is 0 Å². The number of rotatable bonds is 7. The van der Waals surface area contributed by atoms with E-state index < -0.39 is 11.4 Å². The fourth-order valence-corrected chi connectivity index (χ4v) is 2.67. The summed E-state index contributed by atoms with van der Waals surface area (Å²) in [6.45, 7) is 0. The molecular weight excluding hydrogens is 267 g/mol. The van der Waals surface area contributed by atoms with E-state index in [1.807, 2.05) is 12.2 Å². The molecule has 1 heterocycles. The van der Waals surface area contributed by atoms with Crippen molar-refractivity contribution in [2.24, 2.45) is 4.99 Å². The van der Waals surface area contributed by atoms with Gasteiger partial charge in [-0.15, -0.1) is 0 Å². The molecule has 1 aromatic carbocycles. The number of allylic oxidation sites excluding steroid dienone is 1. The Hall–Kier alpha value is -2.15. The van der Waals surface area contributed by atoms with Crippen molar-refractivity contribution in [3.05, 3.63) is 41.7 Å². The Bertz CT molecular complexity index is 575. The summed E-state index contributed by atoms with van der Waals surface area (Å²) in [6, 6.07) is 6.37. The first-order valence-corrected chi connectivity index (χ1v) is 7.27. The van der Waals surface area contributed by atoms with Crippen LogP contribution in [0.2, 0.25) is 0 Å². The molecule has 0 fully saturated rings. The van der Waals surface area contributed by atoms with E-state index in [9.17, 15) is 9.50 Å². The summed E-state index contributed by atoms with van der Waals surface area (Å²) in [6.07, 6.45) is 10.6. The summed E-state index contributed by atoms with van der Waals surface area (Å²) in [5.74, 6) is -0.503. The van der Waals surface area contributed by atoms with Gasteiger partial charge in [-0.3, -0.25) is 4.99 Å². The SMILES string of the molecule is N#CCCCCCCC1(c2ccc(O)cc2F)C=CC=N1. The number of phenolic OH excluding ortho intramolecular Hbond substituents is 1. The van der Waals surface area contributed by atoms with Gasteiger partial charge in [-0.25, -0.2) is 4.39 Å². The lowest BCUT2D eigenvalue weighted by atomic mass is 9.85. The van der Waals surface area contributed by atoms with Crippen LogP contribution in [0.5, 0.6) is 5.75 Å². The van der Waals surface area contributed by atoms with Crippen LogP contribution < -0.4 is 0 Å². The number of nitriles is 1. The maximum Gasteiger partial charge on any atom is 0.132 e. The first-order valence-electron chi connectivity index (χ1n) is 7.27. The summed E-state index contributed by atoms with van der Waals surface area (Å²) in [5, 5.41) is 17.8. The highest BCUT2D eigenvalue weighted by Gasteiger charge is 2.32. The average Bonchev–Trinajstić information content (AvgIpc) is 2.92. The Morgan fingerprint density at radius 2 is 2.05 bits per heavy atom. The summed E-state index contributed by atoms with van der Waals surface area (Å²) >= 11 is 0. The number of phenols is 1. The molecule has 0 aromatic heterocycles. The Labute approximate surface area is 124 Å². The third-order valence-corrected chi connectivity index (χ3v) is 3.78. The molecule has 0 amide bonds. The zero-order chi connectivity index (χ0) is 15.1. The predicted octanol–water partition coefficient (Wildman–Crippen LogP) is 4.23. The van der Waals surface area contributed by atoms with Gasteiger partial charge < -0.3 is 5.11 Å². The van der Waals surface area contributed by atoms with Crippen LogP contribution in [0.25, 0.3) is 0 Å². The Kier molecular flexibility index (Phi) is 5.10. The van der Waals surface area contributed by atoms with E-state index in [0.717, 1.165) is 38.2 Å². The molecule has 0 spiro atoms. The summed E-state index contributed by atoms with van der Waals surface area (Å²) < 4.78 is 14.1. The number of aliphatic imine (C=N–C) groups is 1. The van der Waals surface area contributed by atoms with Crippen LogP contribution in [0.4, 0.5) is 4.39 Å². The van der Waals surface area contributed by atoms with E-state index in [0.29, 0.717) is 12.0 Å². The number of halogens is 1. The highest BCUT2D eigenvalue weighted by atomic mass is 19.1. The normalized spacial score (nSPS) is 19.8. The fraction of sp³-hybridized carbons (Fsp3) is 0.412. The van der Waals surface area contributed by atoms with E-state index in [1.165, 1.54) is 6.07 Å². The monoisotopic (exact) mass is 286 g/mol. The van der Waals surface area contributed by atoms with Crippen molar-refractivity contribution in [2.45, 2.75) is 44.1 Å². The Morgan fingerprint density at radius 1 is 1.24 bits per heavy atom. The number of benzene rings is 1. The van der Waals surface area contributed by atoms with Gasteiger partial charge in [0.25, 0.3) is 0 Å². The van der Waals surface area contributed by atoms with Crippen LogP contribution in [0.3, 0.4) is 0 Å². The lowest BCUT2D eigenvalue weighted by molar-refractivity contribution is 0.442. The van der Waals surface area contributed by atoms with Gasteiger partial charge in [0.05, 0.1) is 6.07 Å². The molecule has 1 aliphatic heterocycles. The molecule has 3 nitrogen and oxygen atoms in total. The first kappa shape index (κ1) is 15.2. The molecule has 0 saturated carbocycles. The van der Waals surface area contributed by atoms with Gasteiger partial charge in [-0.2, -0.15) is 5.26 Å². The van der Waals surface area contributed by atoms with E-state index in [-0.39, 0.29) is 5.75 Å². The zero-order valence-corrected chi connectivity index (χ0v) is 11.9. The van der Waals surface area contributed by atoms with E-state index >= 15 is 0 Å². The van der Waals surface area contributed by atoms with Crippen LogP contribution in [-0.4, -0.2) is 11.3 Å². The third-order valence-electron chi connectivity index (χ3n) is 3.78. The van der Waals surface area contributed by atoms with Crippen molar-refractivity contribution in [3.63, 3.8) is 0 Å². The van der Waals surface area contributed by atoms with Gasteiger partial charge in [0.2, 0.25) is 0 Å². The predicted molar refractivity (Wildman–Crippen MR) is 80.7 cm³/mol. The smallest absolute Gasteiger partial charge is 0.132 e. The molecule has 1 N–H and O–H groups in total. The molecule has 1 atom stereocenters. The number of hydrogen-bond acceptors (Lipinski definition) is 3. The minimum absolute atomic E-state index is 0.0751. The standard InChI is InChI=1S/C17H19FN2O/c18-16-13-14(21)7-8-15(16)17(10-6-12-20-17)9-4-2-1-3-5-11-19/h6-8,10,12-13,21H,1-5,9H2. The molecular formula is C17H19FN2O. The number of aromatic hydroxyl groups is 1. The highest BCUT2D eigenvalue weighted by molar-refractivity contribution is 5.75. The maximum absolute atomic E-state index is 14.1. The van der Waals surface area contributed by atoms with Crippen molar-refractivity contribution < 1.29 is 9.50 Å². The number of hydrogen-bond donors (Lipinski definition) is 1. The lowest BCUT2D eigenvalue weighted by Gasteiger charge is -2.25. The van der Waals surface area contributed by atoms with Crippen LogP contribution in [0.1, 0.15) is 44.1 Å². The molecule has 0 bridgehead atoms. The molecule has 4 heteroatoms. The minimum Gasteiger partial charge on any atom is -0.508 e. The summed E-state index contributed by atoms with van der Waals surface area (Å²) in [7, 11) is 0. The van der Waals surface area contributed by atoms with Crippen molar-refractivity contribution in [1.29, 1.82) is 5.26 Å². The van der Waals surface area contributed by atoms with Crippen molar-refractivity contribution in [1.82, 2.24) is 0 Å². The van der Waals surface area contributed by atoms with Crippen LogP contribution in [-0.2, 0) is 5.54 Å². The second-order valence-electron chi connectivity index (χ2n) is 5.30. The minimum atomic E-state index is -0.646. The maximum atomic E-state index is 14.1. The molecule has 1 aromatic rings. The molecule has 1 aliphatic rings. The number of unbranched alkanes of at least 4 members (excludes halogenated alkanes) is 4. The number of nitrogens with zero attached hydrogens (tertiary/aromatic N) is 2. The quantitative estimate of drug-likeness (QED) is 0.762. The van der Waals surface area contributed by atoms with Gasteiger partial charge in [0, 0.05) is 24.3 Å². The van der Waals surface area contributed by atoms with Gasteiger partial charge in [0.1, 0.15) is 17.1 Å². The molecule has 2 rings (SSSR count). The molecule has 0 aliphatic carbocycles. The largest absolute Gasteiger partial charge is 0.508 e. The topological polar surface area (TPSA) is 56.4 Å². The molecule has 0 saturated heterocycles. The van der Waals surface area contributed by atoms with Crippen molar-refractivity contribution in [3.8, 4) is 11.8 Å². The Morgan fingerprint density at radius 3 is 2.71 bits per heavy atom. The fourth-order valence-electron chi connectivity index (χ4n) is 2.67. The van der Waals surface area contributed by atoms with E-state index in [2.05, 4.69) is 11.1 Å². The van der Waals surface area contributed by atoms with Crippen molar-refractivity contribution >= 4 is 6.21 Å². The van der Waals surface area contributed by atoms with Gasteiger partial charge in [0.15, 0.2) is 0 Å². The first-order chi connectivity index (χ1) is 10.2. The van der Waals surface area contributed by atoms with Gasteiger partial charge in [-0.1, -0.05) is 25.3 Å². The zero-order valence-electron chi connectivity index (χ0n) is 11.9. The third kappa shape index (κ3) is 3.69. The lowest BCUT2D eigenvalue weighted by Crippen LogP contribution is -2.20. The average molecular weight is 286 g/mol. The van der Waals surface area contributed by atoms with Crippen molar-refractivity contribution in [2.75, 3.05) is 0 Å². The Balaban J connectivity index is 2.03. The second-order valence-corrected chi connectivity index (χ2v) is 5.30. The molecule has 1 unspecified atom stereocenters. The van der Waals surface area contributed by atoms with Gasteiger partial charge in [-0.05, 0) is 31.1 Å². The highest BCUT2D eigenvalue weighted by Crippen LogP contribution is 2.38. The van der Waals surface area contributed by atoms with Crippen LogP contribution in [0, 0.1) is 17.1 Å². The molecule has 110 valence electrons. The van der Waals surface area contributed by atoms with Gasteiger partial charge >= 0.3 is 0 Å². The summed E-state index contributed by atoms with van der Waals surface area (Å²) in [5.41, 5.74) is -0.144. The second kappa shape index (κ2) is 7.03. The van der Waals surface area contributed by atoms with E-state index in [1.54, 1.807) is 12.3 Å². The molecule has 21 heavy (non-hydrogen) atoms.